The number of hydrogen-bond acceptors (Lipinski definition) is 6. The molecule has 0 aliphatic rings. The molecular weight excluding hydrogens is 366 g/mol. The highest BCUT2D eigenvalue weighted by Crippen LogP contribution is 2.28. The molecule has 0 spiro atoms. The number of ether oxygens (including phenoxy) is 1. The van der Waals surface area contributed by atoms with Crippen LogP contribution < -0.4 is 20.7 Å². The molecule has 29 heavy (non-hydrogen) atoms. The van der Waals surface area contributed by atoms with Gasteiger partial charge in [0.2, 0.25) is 11.9 Å². The third kappa shape index (κ3) is 5.93. The van der Waals surface area contributed by atoms with Crippen LogP contribution in [0.15, 0.2) is 54.6 Å². The third-order valence-corrected chi connectivity index (χ3v) is 3.81. The molecule has 3 N–H and O–H groups in total. The normalized spacial score (nSPS) is 10.5. The first-order valence-corrected chi connectivity index (χ1v) is 9.42. The number of rotatable bonds is 7. The van der Waals surface area contributed by atoms with Crippen molar-refractivity contribution in [3.63, 3.8) is 0 Å². The first-order chi connectivity index (χ1) is 13.9. The van der Waals surface area contributed by atoms with Gasteiger partial charge in [0.05, 0.1) is 11.8 Å². The average molecular weight is 391 g/mol. The molecular formula is C22H25N5O2. The second kappa shape index (κ2) is 9.05. The minimum atomic E-state index is -0.117. The zero-order chi connectivity index (χ0) is 20.8. The fourth-order valence-electron chi connectivity index (χ4n) is 2.76. The fourth-order valence-corrected chi connectivity index (χ4v) is 2.76. The van der Waals surface area contributed by atoms with E-state index in [-0.39, 0.29) is 12.0 Å². The molecule has 0 saturated heterocycles. The molecule has 0 saturated carbocycles. The van der Waals surface area contributed by atoms with Crippen molar-refractivity contribution in [3.8, 4) is 5.75 Å². The number of anilines is 5. The second-order valence-corrected chi connectivity index (χ2v) is 6.89. The van der Waals surface area contributed by atoms with Crippen molar-refractivity contribution in [2.24, 2.45) is 0 Å². The number of para-hydroxylation sites is 2. The van der Waals surface area contributed by atoms with E-state index in [9.17, 15) is 4.79 Å². The van der Waals surface area contributed by atoms with Gasteiger partial charge >= 0.3 is 0 Å². The SMILES string of the molecule is CC(=O)Nc1cccc(Nc2cc(C)nc(Nc3ccccc3OC(C)C)n2)c1. The van der Waals surface area contributed by atoms with E-state index in [1.54, 1.807) is 0 Å². The van der Waals surface area contributed by atoms with Crippen LogP contribution in [-0.4, -0.2) is 22.0 Å². The number of aromatic nitrogens is 2. The van der Waals surface area contributed by atoms with Gasteiger partial charge in [-0.25, -0.2) is 4.98 Å². The Kier molecular flexibility index (Phi) is 6.29. The molecule has 0 aliphatic carbocycles. The molecule has 1 heterocycles. The van der Waals surface area contributed by atoms with Crippen LogP contribution >= 0.6 is 0 Å². The maximum atomic E-state index is 11.3. The number of carbonyl (C=O) groups is 1. The Morgan fingerprint density at radius 3 is 2.48 bits per heavy atom. The Hall–Kier alpha value is -3.61. The van der Waals surface area contributed by atoms with E-state index in [0.29, 0.717) is 17.5 Å². The van der Waals surface area contributed by atoms with Crippen molar-refractivity contribution >= 4 is 34.7 Å². The summed E-state index contributed by atoms with van der Waals surface area (Å²) in [4.78, 5) is 20.3. The average Bonchev–Trinajstić information content (AvgIpc) is 2.62. The lowest BCUT2D eigenvalue weighted by molar-refractivity contribution is -0.114. The molecule has 0 bridgehead atoms. The summed E-state index contributed by atoms with van der Waals surface area (Å²) in [5.74, 6) is 1.73. The summed E-state index contributed by atoms with van der Waals surface area (Å²) < 4.78 is 5.85. The first kappa shape index (κ1) is 20.1. The number of hydrogen-bond donors (Lipinski definition) is 3. The number of aryl methyl sites for hydroxylation is 1. The fraction of sp³-hybridized carbons (Fsp3) is 0.227. The molecule has 0 atom stereocenters. The minimum absolute atomic E-state index is 0.0597. The summed E-state index contributed by atoms with van der Waals surface area (Å²) in [6.45, 7) is 7.35. The summed E-state index contributed by atoms with van der Waals surface area (Å²) in [5.41, 5.74) is 3.13. The molecule has 7 heteroatoms. The lowest BCUT2D eigenvalue weighted by Gasteiger charge is -2.15. The largest absolute Gasteiger partial charge is 0.489 e. The van der Waals surface area contributed by atoms with Crippen molar-refractivity contribution in [1.29, 1.82) is 0 Å². The number of benzene rings is 2. The highest BCUT2D eigenvalue weighted by atomic mass is 16.5. The van der Waals surface area contributed by atoms with Crippen LogP contribution in [0.5, 0.6) is 5.75 Å². The molecule has 0 fully saturated rings. The van der Waals surface area contributed by atoms with E-state index in [1.165, 1.54) is 6.92 Å². The van der Waals surface area contributed by atoms with Crippen LogP contribution in [0.4, 0.5) is 28.8 Å². The molecule has 7 nitrogen and oxygen atoms in total. The summed E-state index contributed by atoms with van der Waals surface area (Å²) in [6, 6.07) is 17.0. The Morgan fingerprint density at radius 1 is 0.966 bits per heavy atom. The van der Waals surface area contributed by atoms with Crippen LogP contribution in [0.25, 0.3) is 0 Å². The highest BCUT2D eigenvalue weighted by molar-refractivity contribution is 5.89. The van der Waals surface area contributed by atoms with Crippen LogP contribution in [0.1, 0.15) is 26.5 Å². The van der Waals surface area contributed by atoms with Gasteiger partial charge in [0.15, 0.2) is 0 Å². The summed E-state index contributed by atoms with van der Waals surface area (Å²) in [6.07, 6.45) is 0.0597. The Labute approximate surface area is 170 Å². The van der Waals surface area contributed by atoms with Gasteiger partial charge in [-0.3, -0.25) is 4.79 Å². The summed E-state index contributed by atoms with van der Waals surface area (Å²) >= 11 is 0. The monoisotopic (exact) mass is 391 g/mol. The van der Waals surface area contributed by atoms with Crippen molar-refractivity contribution in [2.75, 3.05) is 16.0 Å². The minimum Gasteiger partial charge on any atom is -0.489 e. The van der Waals surface area contributed by atoms with Gasteiger partial charge in [-0.05, 0) is 51.1 Å². The molecule has 1 amide bonds. The second-order valence-electron chi connectivity index (χ2n) is 6.89. The summed E-state index contributed by atoms with van der Waals surface area (Å²) in [5, 5.41) is 9.27. The van der Waals surface area contributed by atoms with E-state index < -0.39 is 0 Å². The first-order valence-electron chi connectivity index (χ1n) is 9.42. The van der Waals surface area contributed by atoms with Crippen molar-refractivity contribution in [1.82, 2.24) is 9.97 Å². The molecule has 0 unspecified atom stereocenters. The molecule has 150 valence electrons. The third-order valence-electron chi connectivity index (χ3n) is 3.81. The molecule has 2 aromatic carbocycles. The standard InChI is InChI=1S/C22H25N5O2/c1-14(2)29-20-11-6-5-10-19(20)26-22-23-15(3)12-21(27-22)25-18-9-7-8-17(13-18)24-16(4)28/h5-14H,1-4H3,(H,24,28)(H2,23,25,26,27). The predicted octanol–water partition coefficient (Wildman–Crippen LogP) is 5.02. The van der Waals surface area contributed by atoms with Crippen molar-refractivity contribution in [3.05, 3.63) is 60.3 Å². The van der Waals surface area contributed by atoms with Crippen LogP contribution in [0.3, 0.4) is 0 Å². The van der Waals surface area contributed by atoms with E-state index in [4.69, 9.17) is 4.74 Å². The van der Waals surface area contributed by atoms with Gasteiger partial charge in [-0.2, -0.15) is 4.98 Å². The van der Waals surface area contributed by atoms with Gasteiger partial charge in [-0.15, -0.1) is 0 Å². The van der Waals surface area contributed by atoms with E-state index in [1.807, 2.05) is 75.4 Å². The smallest absolute Gasteiger partial charge is 0.229 e. The zero-order valence-electron chi connectivity index (χ0n) is 17.0. The molecule has 0 radical (unpaired) electrons. The Balaban J connectivity index is 1.82. The number of carbonyl (C=O) groups excluding carboxylic acids is 1. The van der Waals surface area contributed by atoms with Gasteiger partial charge in [0.1, 0.15) is 11.6 Å². The predicted molar refractivity (Wildman–Crippen MR) is 116 cm³/mol. The molecule has 1 aromatic heterocycles. The molecule has 3 rings (SSSR count). The van der Waals surface area contributed by atoms with Gasteiger partial charge in [0, 0.05) is 30.1 Å². The maximum absolute atomic E-state index is 11.3. The Morgan fingerprint density at radius 2 is 1.72 bits per heavy atom. The molecule has 0 aliphatic heterocycles. The van der Waals surface area contributed by atoms with Crippen molar-refractivity contribution < 1.29 is 9.53 Å². The number of nitrogens with zero attached hydrogens (tertiary/aromatic N) is 2. The highest BCUT2D eigenvalue weighted by Gasteiger charge is 2.09. The lowest BCUT2D eigenvalue weighted by Crippen LogP contribution is -2.08. The van der Waals surface area contributed by atoms with Crippen molar-refractivity contribution in [2.45, 2.75) is 33.8 Å². The number of nitrogens with one attached hydrogen (secondary N) is 3. The van der Waals surface area contributed by atoms with Gasteiger partial charge in [-0.1, -0.05) is 18.2 Å². The van der Waals surface area contributed by atoms with Crippen LogP contribution in [0.2, 0.25) is 0 Å². The van der Waals surface area contributed by atoms with Crippen LogP contribution in [-0.2, 0) is 4.79 Å². The molecule has 3 aromatic rings. The van der Waals surface area contributed by atoms with Gasteiger partial charge in [0.25, 0.3) is 0 Å². The Bertz CT molecular complexity index is 1000. The lowest BCUT2D eigenvalue weighted by atomic mass is 10.2. The topological polar surface area (TPSA) is 88.2 Å². The summed E-state index contributed by atoms with van der Waals surface area (Å²) in [7, 11) is 0. The van der Waals surface area contributed by atoms with E-state index in [0.717, 1.165) is 22.8 Å². The van der Waals surface area contributed by atoms with Crippen LogP contribution in [0, 0.1) is 6.92 Å². The van der Waals surface area contributed by atoms with Gasteiger partial charge < -0.3 is 20.7 Å². The quantitative estimate of drug-likeness (QED) is 0.524. The van der Waals surface area contributed by atoms with E-state index >= 15 is 0 Å². The zero-order valence-corrected chi connectivity index (χ0v) is 17.0. The van der Waals surface area contributed by atoms with E-state index in [2.05, 4.69) is 25.9 Å². The number of amides is 1. The maximum Gasteiger partial charge on any atom is 0.229 e.